The zero-order chi connectivity index (χ0) is 15.1. The second-order valence-corrected chi connectivity index (χ2v) is 4.64. The summed E-state index contributed by atoms with van der Waals surface area (Å²) < 4.78 is 5.38. The van der Waals surface area contributed by atoms with Crippen molar-refractivity contribution in [1.29, 1.82) is 0 Å². The average Bonchev–Trinajstić information content (AvgIpc) is 2.52. The van der Waals surface area contributed by atoms with Crippen LogP contribution in [0.2, 0.25) is 0 Å². The molecule has 0 aliphatic heterocycles. The summed E-state index contributed by atoms with van der Waals surface area (Å²) >= 11 is 0. The normalized spacial score (nSPS) is 9.95. The molecule has 0 aliphatic rings. The Hall–Kier alpha value is -2.62. The van der Waals surface area contributed by atoms with Gasteiger partial charge in [-0.2, -0.15) is 0 Å². The second-order valence-electron chi connectivity index (χ2n) is 4.64. The highest BCUT2D eigenvalue weighted by Gasteiger charge is 2.05. The van der Waals surface area contributed by atoms with Gasteiger partial charge in [-0.05, 0) is 24.6 Å². The fraction of sp³-hybridized carbons (Fsp3) is 0.176. The van der Waals surface area contributed by atoms with E-state index in [0.717, 1.165) is 5.56 Å². The Morgan fingerprint density at radius 1 is 1.05 bits per heavy atom. The Kier molecular flexibility index (Phi) is 5.10. The lowest BCUT2D eigenvalue weighted by atomic mass is 10.1. The Labute approximate surface area is 123 Å². The van der Waals surface area contributed by atoms with Crippen LogP contribution in [0.25, 0.3) is 0 Å². The molecule has 2 aromatic carbocycles. The minimum atomic E-state index is -0.202. The molecule has 0 aliphatic carbocycles. The summed E-state index contributed by atoms with van der Waals surface area (Å²) in [7, 11) is 0. The molecule has 1 N–H and O–H groups in total. The summed E-state index contributed by atoms with van der Waals surface area (Å²) in [5, 5.41) is 2.78. The first-order chi connectivity index (χ1) is 10.1. The van der Waals surface area contributed by atoms with Crippen molar-refractivity contribution in [2.45, 2.75) is 13.5 Å². The van der Waals surface area contributed by atoms with Crippen molar-refractivity contribution < 1.29 is 14.3 Å². The van der Waals surface area contributed by atoms with Gasteiger partial charge in [-0.1, -0.05) is 42.5 Å². The smallest absolute Gasteiger partial charge is 0.258 e. The van der Waals surface area contributed by atoms with E-state index in [1.807, 2.05) is 30.3 Å². The average molecular weight is 283 g/mol. The molecule has 0 fully saturated rings. The number of hydrogen-bond donors (Lipinski definition) is 1. The zero-order valence-electron chi connectivity index (χ0n) is 11.8. The van der Waals surface area contributed by atoms with E-state index in [4.69, 9.17) is 4.74 Å². The standard InChI is InChI=1S/C17H17NO3/c1-13(19)15-8-5-9-16(10-15)21-12-17(20)18-11-14-6-3-2-4-7-14/h2-10H,11-12H2,1H3,(H,18,20). The van der Waals surface area contributed by atoms with Crippen LogP contribution in [0.15, 0.2) is 54.6 Å². The van der Waals surface area contributed by atoms with Gasteiger partial charge in [0.15, 0.2) is 12.4 Å². The molecule has 21 heavy (non-hydrogen) atoms. The maximum Gasteiger partial charge on any atom is 0.258 e. The minimum absolute atomic E-state index is 0.0334. The van der Waals surface area contributed by atoms with E-state index in [2.05, 4.69) is 5.32 Å². The second kappa shape index (κ2) is 7.24. The summed E-state index contributed by atoms with van der Waals surface area (Å²) in [5.41, 5.74) is 1.60. The molecule has 1 amide bonds. The maximum absolute atomic E-state index is 11.7. The van der Waals surface area contributed by atoms with Gasteiger partial charge in [0.1, 0.15) is 5.75 Å². The molecule has 0 saturated carbocycles. The number of nitrogens with one attached hydrogen (secondary N) is 1. The maximum atomic E-state index is 11.7. The van der Waals surface area contributed by atoms with Crippen molar-refractivity contribution in [2.24, 2.45) is 0 Å². The predicted molar refractivity (Wildman–Crippen MR) is 80.2 cm³/mol. The highest BCUT2D eigenvalue weighted by molar-refractivity contribution is 5.94. The highest BCUT2D eigenvalue weighted by Crippen LogP contribution is 2.13. The third-order valence-corrected chi connectivity index (χ3v) is 2.94. The summed E-state index contributed by atoms with van der Waals surface area (Å²) in [6.45, 7) is 1.89. The lowest BCUT2D eigenvalue weighted by Gasteiger charge is -2.08. The fourth-order valence-electron chi connectivity index (χ4n) is 1.80. The molecule has 0 spiro atoms. The largest absolute Gasteiger partial charge is 0.484 e. The van der Waals surface area contributed by atoms with Crippen LogP contribution in [0.4, 0.5) is 0 Å². The highest BCUT2D eigenvalue weighted by atomic mass is 16.5. The van der Waals surface area contributed by atoms with E-state index in [1.165, 1.54) is 6.92 Å². The number of rotatable bonds is 6. The van der Waals surface area contributed by atoms with Gasteiger partial charge in [-0.15, -0.1) is 0 Å². The summed E-state index contributed by atoms with van der Waals surface area (Å²) in [6, 6.07) is 16.4. The van der Waals surface area contributed by atoms with Gasteiger partial charge in [0.2, 0.25) is 0 Å². The number of carbonyl (C=O) groups excluding carboxylic acids is 2. The van der Waals surface area contributed by atoms with Gasteiger partial charge in [0, 0.05) is 12.1 Å². The van der Waals surface area contributed by atoms with Crippen LogP contribution < -0.4 is 10.1 Å². The van der Waals surface area contributed by atoms with Crippen molar-refractivity contribution in [3.05, 3.63) is 65.7 Å². The van der Waals surface area contributed by atoms with Crippen molar-refractivity contribution in [3.8, 4) is 5.75 Å². The first kappa shape index (κ1) is 14.8. The SMILES string of the molecule is CC(=O)c1cccc(OCC(=O)NCc2ccccc2)c1. The van der Waals surface area contributed by atoms with Crippen LogP contribution in [0.5, 0.6) is 5.75 Å². The number of amides is 1. The zero-order valence-corrected chi connectivity index (χ0v) is 11.8. The molecule has 4 nitrogen and oxygen atoms in total. The van der Waals surface area contributed by atoms with Gasteiger partial charge < -0.3 is 10.1 Å². The Bertz CT molecular complexity index is 623. The van der Waals surface area contributed by atoms with E-state index in [1.54, 1.807) is 24.3 Å². The summed E-state index contributed by atoms with van der Waals surface area (Å²) in [4.78, 5) is 23.0. The molecule has 0 heterocycles. The first-order valence-corrected chi connectivity index (χ1v) is 6.69. The lowest BCUT2D eigenvalue weighted by Crippen LogP contribution is -2.28. The van der Waals surface area contributed by atoms with Gasteiger partial charge in [-0.25, -0.2) is 0 Å². The Balaban J connectivity index is 1.81. The van der Waals surface area contributed by atoms with Crippen LogP contribution in [-0.4, -0.2) is 18.3 Å². The molecule has 108 valence electrons. The van der Waals surface area contributed by atoms with Crippen LogP contribution in [0.3, 0.4) is 0 Å². The van der Waals surface area contributed by atoms with E-state index >= 15 is 0 Å². The first-order valence-electron chi connectivity index (χ1n) is 6.69. The molecule has 0 aromatic heterocycles. The predicted octanol–water partition coefficient (Wildman–Crippen LogP) is 2.58. The number of carbonyl (C=O) groups is 2. The monoisotopic (exact) mass is 283 g/mol. The van der Waals surface area contributed by atoms with E-state index in [-0.39, 0.29) is 18.3 Å². The van der Waals surface area contributed by atoms with Crippen LogP contribution >= 0.6 is 0 Å². The van der Waals surface area contributed by atoms with Gasteiger partial charge in [0.05, 0.1) is 0 Å². The van der Waals surface area contributed by atoms with Crippen molar-refractivity contribution in [3.63, 3.8) is 0 Å². The third kappa shape index (κ3) is 4.76. The quantitative estimate of drug-likeness (QED) is 0.829. The fourth-order valence-corrected chi connectivity index (χ4v) is 1.80. The van der Waals surface area contributed by atoms with Crippen LogP contribution in [0.1, 0.15) is 22.8 Å². The lowest BCUT2D eigenvalue weighted by molar-refractivity contribution is -0.123. The summed E-state index contributed by atoms with van der Waals surface area (Å²) in [6.07, 6.45) is 0. The summed E-state index contributed by atoms with van der Waals surface area (Å²) in [5.74, 6) is 0.277. The van der Waals surface area contributed by atoms with Gasteiger partial charge in [-0.3, -0.25) is 9.59 Å². The number of Topliss-reactive ketones (excluding diaryl/α,β-unsaturated/α-hetero) is 1. The molecule has 0 saturated heterocycles. The van der Waals surface area contributed by atoms with E-state index in [9.17, 15) is 9.59 Å². The third-order valence-electron chi connectivity index (χ3n) is 2.94. The Morgan fingerprint density at radius 2 is 1.81 bits per heavy atom. The van der Waals surface area contributed by atoms with Crippen molar-refractivity contribution in [2.75, 3.05) is 6.61 Å². The van der Waals surface area contributed by atoms with Crippen LogP contribution in [0, 0.1) is 0 Å². The van der Waals surface area contributed by atoms with Crippen molar-refractivity contribution >= 4 is 11.7 Å². The van der Waals surface area contributed by atoms with Gasteiger partial charge in [0.25, 0.3) is 5.91 Å². The molecule has 0 atom stereocenters. The molecule has 0 radical (unpaired) electrons. The minimum Gasteiger partial charge on any atom is -0.484 e. The molecule has 4 heteroatoms. The van der Waals surface area contributed by atoms with Crippen LogP contribution in [-0.2, 0) is 11.3 Å². The van der Waals surface area contributed by atoms with E-state index in [0.29, 0.717) is 17.9 Å². The molecular formula is C17H17NO3. The Morgan fingerprint density at radius 3 is 2.52 bits per heavy atom. The molecule has 0 unspecified atom stereocenters. The van der Waals surface area contributed by atoms with Gasteiger partial charge >= 0.3 is 0 Å². The molecule has 0 bridgehead atoms. The molecular weight excluding hydrogens is 266 g/mol. The number of benzene rings is 2. The van der Waals surface area contributed by atoms with Crippen molar-refractivity contribution in [1.82, 2.24) is 5.32 Å². The number of ether oxygens (including phenoxy) is 1. The molecule has 2 aromatic rings. The topological polar surface area (TPSA) is 55.4 Å². The number of ketones is 1. The van der Waals surface area contributed by atoms with E-state index < -0.39 is 0 Å². The molecule has 2 rings (SSSR count). The number of hydrogen-bond acceptors (Lipinski definition) is 3.